The molecule has 2 amide bonds. The summed E-state index contributed by atoms with van der Waals surface area (Å²) in [5.74, 6) is 2.06. The lowest BCUT2D eigenvalue weighted by Gasteiger charge is -2.36. The Morgan fingerprint density at radius 3 is 2.32 bits per heavy atom. The number of carbonyl (C=O) groups excluding carboxylic acids is 1. The van der Waals surface area contributed by atoms with Crippen LogP contribution in [0.3, 0.4) is 0 Å². The van der Waals surface area contributed by atoms with Gasteiger partial charge >= 0.3 is 6.03 Å². The number of para-hydroxylation sites is 2. The van der Waals surface area contributed by atoms with Crippen molar-refractivity contribution in [3.63, 3.8) is 0 Å². The number of piperazine rings is 1. The molecule has 0 unspecified atom stereocenters. The first kappa shape index (κ1) is 20.5. The van der Waals surface area contributed by atoms with Crippen molar-refractivity contribution in [1.82, 2.24) is 15.3 Å². The normalized spacial score (nSPS) is 13.5. The van der Waals surface area contributed by atoms with Gasteiger partial charge in [-0.3, -0.25) is 5.32 Å². The SMILES string of the molecule is O=C(NCCOc1ccccc1)Nc1cc(N2CCN(c3ccccc3)CC2)ncn1. The minimum atomic E-state index is -0.324. The number of carbonyl (C=O) groups is 1. The van der Waals surface area contributed by atoms with Gasteiger partial charge in [0, 0.05) is 37.9 Å². The molecule has 4 rings (SSSR count). The topological polar surface area (TPSA) is 82.6 Å². The van der Waals surface area contributed by atoms with E-state index in [1.807, 2.05) is 36.4 Å². The number of nitrogens with zero attached hydrogens (tertiary/aromatic N) is 4. The van der Waals surface area contributed by atoms with Gasteiger partial charge in [-0.05, 0) is 24.3 Å². The lowest BCUT2D eigenvalue weighted by atomic mass is 10.2. The van der Waals surface area contributed by atoms with Crippen LogP contribution in [0, 0.1) is 0 Å². The van der Waals surface area contributed by atoms with Gasteiger partial charge in [0.05, 0.1) is 6.54 Å². The maximum atomic E-state index is 12.2. The van der Waals surface area contributed by atoms with Gasteiger partial charge in [-0.2, -0.15) is 0 Å². The molecule has 0 bridgehead atoms. The number of hydrogen-bond acceptors (Lipinski definition) is 6. The molecule has 160 valence electrons. The monoisotopic (exact) mass is 418 g/mol. The van der Waals surface area contributed by atoms with Gasteiger partial charge in [0.2, 0.25) is 0 Å². The largest absolute Gasteiger partial charge is 0.492 e. The third-order valence-corrected chi connectivity index (χ3v) is 5.02. The van der Waals surface area contributed by atoms with Crippen molar-refractivity contribution in [2.75, 3.05) is 54.4 Å². The number of rotatable bonds is 7. The Kier molecular flexibility index (Phi) is 6.79. The molecule has 1 fully saturated rings. The Labute approximate surface area is 181 Å². The van der Waals surface area contributed by atoms with Crippen LogP contribution in [-0.4, -0.2) is 55.3 Å². The van der Waals surface area contributed by atoms with Crippen LogP contribution in [0.1, 0.15) is 0 Å². The van der Waals surface area contributed by atoms with Gasteiger partial charge in [0.15, 0.2) is 0 Å². The molecule has 8 heteroatoms. The zero-order chi connectivity index (χ0) is 21.3. The molecule has 0 radical (unpaired) electrons. The molecule has 8 nitrogen and oxygen atoms in total. The number of aromatic nitrogens is 2. The molecule has 0 spiro atoms. The van der Waals surface area contributed by atoms with E-state index >= 15 is 0 Å². The summed E-state index contributed by atoms with van der Waals surface area (Å²) in [6.07, 6.45) is 1.48. The van der Waals surface area contributed by atoms with Crippen molar-refractivity contribution in [2.24, 2.45) is 0 Å². The molecule has 0 aliphatic carbocycles. The lowest BCUT2D eigenvalue weighted by molar-refractivity contribution is 0.247. The number of amides is 2. The molecule has 2 heterocycles. The highest BCUT2D eigenvalue weighted by atomic mass is 16.5. The number of urea groups is 1. The first-order valence-corrected chi connectivity index (χ1v) is 10.4. The molecule has 31 heavy (non-hydrogen) atoms. The van der Waals surface area contributed by atoms with Gasteiger partial charge in [0.1, 0.15) is 30.3 Å². The summed E-state index contributed by atoms with van der Waals surface area (Å²) in [7, 11) is 0. The van der Waals surface area contributed by atoms with E-state index in [1.165, 1.54) is 12.0 Å². The fraction of sp³-hybridized carbons (Fsp3) is 0.261. The van der Waals surface area contributed by atoms with Crippen LogP contribution in [0.15, 0.2) is 73.1 Å². The summed E-state index contributed by atoms with van der Waals surface area (Å²) in [6.45, 7) is 4.32. The second kappa shape index (κ2) is 10.3. The number of benzene rings is 2. The van der Waals surface area contributed by atoms with E-state index in [0.29, 0.717) is 19.0 Å². The van der Waals surface area contributed by atoms with Crippen LogP contribution in [0.5, 0.6) is 5.75 Å². The Balaban J connectivity index is 1.23. The predicted molar refractivity (Wildman–Crippen MR) is 122 cm³/mol. The van der Waals surface area contributed by atoms with Crippen LogP contribution in [0.25, 0.3) is 0 Å². The average Bonchev–Trinajstić information content (AvgIpc) is 2.83. The van der Waals surface area contributed by atoms with E-state index in [1.54, 1.807) is 6.07 Å². The van der Waals surface area contributed by atoms with Crippen LogP contribution in [-0.2, 0) is 0 Å². The predicted octanol–water partition coefficient (Wildman–Crippen LogP) is 3.00. The number of nitrogens with one attached hydrogen (secondary N) is 2. The van der Waals surface area contributed by atoms with Gasteiger partial charge in [0.25, 0.3) is 0 Å². The molecule has 2 aromatic carbocycles. The van der Waals surface area contributed by atoms with Crippen LogP contribution in [0.4, 0.5) is 22.1 Å². The molecule has 1 aliphatic rings. The number of hydrogen-bond donors (Lipinski definition) is 2. The van der Waals surface area contributed by atoms with Crippen molar-refractivity contribution >= 4 is 23.4 Å². The standard InChI is InChI=1S/C23H26N6O2/c30-23(24-11-16-31-20-9-5-2-6-10-20)27-21-17-22(26-18-25-21)29-14-12-28(13-15-29)19-7-3-1-4-8-19/h1-10,17-18H,11-16H2,(H2,24,25,26,27,30). The number of ether oxygens (including phenoxy) is 1. The second-order valence-electron chi connectivity index (χ2n) is 7.11. The molecule has 1 saturated heterocycles. The minimum absolute atomic E-state index is 0.324. The maximum absolute atomic E-state index is 12.2. The van der Waals surface area contributed by atoms with Crippen LogP contribution >= 0.6 is 0 Å². The van der Waals surface area contributed by atoms with E-state index in [-0.39, 0.29) is 6.03 Å². The summed E-state index contributed by atoms with van der Waals surface area (Å²) in [5.41, 5.74) is 1.24. The van der Waals surface area contributed by atoms with E-state index < -0.39 is 0 Å². The summed E-state index contributed by atoms with van der Waals surface area (Å²) in [6, 6.07) is 21.4. The highest BCUT2D eigenvalue weighted by Crippen LogP contribution is 2.20. The van der Waals surface area contributed by atoms with Crippen molar-refractivity contribution in [1.29, 1.82) is 0 Å². The second-order valence-corrected chi connectivity index (χ2v) is 7.11. The molecule has 0 saturated carbocycles. The fourth-order valence-corrected chi connectivity index (χ4v) is 3.43. The van der Waals surface area contributed by atoms with E-state index in [9.17, 15) is 4.79 Å². The van der Waals surface area contributed by atoms with Crippen molar-refractivity contribution < 1.29 is 9.53 Å². The molecule has 1 aromatic heterocycles. The first-order chi connectivity index (χ1) is 15.3. The Hall–Kier alpha value is -3.81. The number of anilines is 3. The molecular formula is C23H26N6O2. The highest BCUT2D eigenvalue weighted by molar-refractivity contribution is 5.88. The van der Waals surface area contributed by atoms with E-state index in [4.69, 9.17) is 4.74 Å². The third kappa shape index (κ3) is 5.85. The van der Waals surface area contributed by atoms with Gasteiger partial charge in [-0.25, -0.2) is 14.8 Å². The smallest absolute Gasteiger partial charge is 0.320 e. The van der Waals surface area contributed by atoms with Crippen molar-refractivity contribution in [3.05, 3.63) is 73.1 Å². The Bertz CT molecular complexity index is 962. The van der Waals surface area contributed by atoms with Gasteiger partial charge in [-0.15, -0.1) is 0 Å². The summed E-state index contributed by atoms with van der Waals surface area (Å²) in [5, 5.41) is 5.53. The lowest BCUT2D eigenvalue weighted by Crippen LogP contribution is -2.46. The highest BCUT2D eigenvalue weighted by Gasteiger charge is 2.18. The van der Waals surface area contributed by atoms with Gasteiger partial charge in [-0.1, -0.05) is 36.4 Å². The first-order valence-electron chi connectivity index (χ1n) is 10.4. The molecule has 1 aliphatic heterocycles. The third-order valence-electron chi connectivity index (χ3n) is 5.02. The van der Waals surface area contributed by atoms with Crippen LogP contribution < -0.4 is 25.2 Å². The zero-order valence-corrected chi connectivity index (χ0v) is 17.3. The van der Waals surface area contributed by atoms with Crippen LogP contribution in [0.2, 0.25) is 0 Å². The zero-order valence-electron chi connectivity index (χ0n) is 17.3. The molecular weight excluding hydrogens is 392 g/mol. The maximum Gasteiger partial charge on any atom is 0.320 e. The summed E-state index contributed by atoms with van der Waals surface area (Å²) >= 11 is 0. The Morgan fingerprint density at radius 2 is 1.58 bits per heavy atom. The summed E-state index contributed by atoms with van der Waals surface area (Å²) < 4.78 is 5.57. The summed E-state index contributed by atoms with van der Waals surface area (Å²) in [4.78, 5) is 25.3. The van der Waals surface area contributed by atoms with E-state index in [2.05, 4.69) is 54.7 Å². The Morgan fingerprint density at radius 1 is 0.903 bits per heavy atom. The molecule has 0 atom stereocenters. The average molecular weight is 419 g/mol. The van der Waals surface area contributed by atoms with Crippen molar-refractivity contribution in [2.45, 2.75) is 0 Å². The molecule has 2 N–H and O–H groups in total. The van der Waals surface area contributed by atoms with Gasteiger partial charge < -0.3 is 19.9 Å². The fourth-order valence-electron chi connectivity index (χ4n) is 3.43. The molecule has 3 aromatic rings. The quantitative estimate of drug-likeness (QED) is 0.574. The van der Waals surface area contributed by atoms with Crippen molar-refractivity contribution in [3.8, 4) is 5.75 Å². The minimum Gasteiger partial charge on any atom is -0.492 e. The van der Waals surface area contributed by atoms with E-state index in [0.717, 1.165) is 37.7 Å².